The fourth-order valence-corrected chi connectivity index (χ4v) is 2.64. The molecule has 1 aromatic rings. The third-order valence-corrected chi connectivity index (χ3v) is 3.32. The SMILES string of the molecule is CC1(C)CC(=O)Cc2cc(Br)ccc21. The minimum Gasteiger partial charge on any atom is -0.299 e. The zero-order chi connectivity index (χ0) is 10.3. The molecule has 0 aliphatic heterocycles. The van der Waals surface area contributed by atoms with Gasteiger partial charge in [-0.3, -0.25) is 4.79 Å². The molecule has 0 unspecified atom stereocenters. The molecule has 2 heteroatoms. The third kappa shape index (κ3) is 1.63. The van der Waals surface area contributed by atoms with Crippen LogP contribution in [0.4, 0.5) is 0 Å². The van der Waals surface area contributed by atoms with E-state index >= 15 is 0 Å². The number of rotatable bonds is 0. The molecule has 0 aromatic heterocycles. The molecule has 1 aliphatic rings. The number of halogens is 1. The summed E-state index contributed by atoms with van der Waals surface area (Å²) in [5, 5.41) is 0. The molecule has 0 saturated heterocycles. The minimum absolute atomic E-state index is 0.00532. The predicted octanol–water partition coefficient (Wildman–Crippen LogP) is 3.24. The quantitative estimate of drug-likeness (QED) is 0.693. The normalized spacial score (nSPS) is 19.2. The maximum absolute atomic E-state index is 11.5. The Balaban J connectivity index is 2.57. The van der Waals surface area contributed by atoms with Crippen molar-refractivity contribution in [3.05, 3.63) is 33.8 Å². The van der Waals surface area contributed by atoms with Crippen LogP contribution in [0.1, 0.15) is 31.4 Å². The van der Waals surface area contributed by atoms with Gasteiger partial charge in [-0.25, -0.2) is 0 Å². The number of carbonyl (C=O) groups is 1. The van der Waals surface area contributed by atoms with Gasteiger partial charge in [0.2, 0.25) is 0 Å². The summed E-state index contributed by atoms with van der Waals surface area (Å²) < 4.78 is 1.06. The van der Waals surface area contributed by atoms with Crippen molar-refractivity contribution in [2.75, 3.05) is 0 Å². The molecule has 2 rings (SSSR count). The summed E-state index contributed by atoms with van der Waals surface area (Å²) in [4.78, 5) is 11.5. The summed E-state index contributed by atoms with van der Waals surface area (Å²) >= 11 is 3.44. The first-order valence-electron chi connectivity index (χ1n) is 4.80. The Hall–Kier alpha value is -0.630. The van der Waals surface area contributed by atoms with E-state index in [2.05, 4.69) is 48.0 Å². The first kappa shape index (κ1) is 9.91. The van der Waals surface area contributed by atoms with Crippen molar-refractivity contribution in [1.82, 2.24) is 0 Å². The van der Waals surface area contributed by atoms with Gasteiger partial charge in [0, 0.05) is 17.3 Å². The molecule has 1 aliphatic carbocycles. The van der Waals surface area contributed by atoms with E-state index in [0.717, 1.165) is 4.47 Å². The van der Waals surface area contributed by atoms with E-state index in [9.17, 15) is 4.79 Å². The molecule has 0 fully saturated rings. The van der Waals surface area contributed by atoms with E-state index in [4.69, 9.17) is 0 Å². The number of fused-ring (bicyclic) bond motifs is 1. The zero-order valence-corrected chi connectivity index (χ0v) is 10.0. The second kappa shape index (κ2) is 3.20. The molecule has 14 heavy (non-hydrogen) atoms. The average Bonchev–Trinajstić information content (AvgIpc) is 2.00. The van der Waals surface area contributed by atoms with Gasteiger partial charge >= 0.3 is 0 Å². The Morgan fingerprint density at radius 3 is 2.79 bits per heavy atom. The topological polar surface area (TPSA) is 17.1 Å². The van der Waals surface area contributed by atoms with Gasteiger partial charge < -0.3 is 0 Å². The summed E-state index contributed by atoms with van der Waals surface area (Å²) in [5.41, 5.74) is 2.51. The van der Waals surface area contributed by atoms with Gasteiger partial charge in [-0.15, -0.1) is 0 Å². The first-order chi connectivity index (χ1) is 6.49. The lowest BCUT2D eigenvalue weighted by Gasteiger charge is -2.31. The Bertz CT molecular complexity index is 393. The molecule has 0 spiro atoms. The fraction of sp³-hybridized carbons (Fsp3) is 0.417. The van der Waals surface area contributed by atoms with E-state index in [1.54, 1.807) is 0 Å². The molecule has 0 amide bonds. The van der Waals surface area contributed by atoms with Crippen LogP contribution in [-0.2, 0) is 16.6 Å². The maximum atomic E-state index is 11.5. The standard InChI is InChI=1S/C12H13BrO/c1-12(2)7-10(14)6-8-5-9(13)3-4-11(8)12/h3-5H,6-7H2,1-2H3. The minimum atomic E-state index is 0.00532. The summed E-state index contributed by atoms with van der Waals surface area (Å²) in [5.74, 6) is 0.348. The molecule has 0 radical (unpaired) electrons. The molecular weight excluding hydrogens is 240 g/mol. The van der Waals surface area contributed by atoms with Crippen molar-refractivity contribution >= 4 is 21.7 Å². The molecule has 0 saturated carbocycles. The summed E-state index contributed by atoms with van der Waals surface area (Å²) in [7, 11) is 0. The van der Waals surface area contributed by atoms with Gasteiger partial charge in [0.15, 0.2) is 0 Å². The van der Waals surface area contributed by atoms with Crippen molar-refractivity contribution in [1.29, 1.82) is 0 Å². The van der Waals surface area contributed by atoms with Crippen LogP contribution in [0.15, 0.2) is 22.7 Å². The van der Waals surface area contributed by atoms with Crippen LogP contribution in [0.3, 0.4) is 0 Å². The lowest BCUT2D eigenvalue weighted by molar-refractivity contribution is -0.120. The monoisotopic (exact) mass is 252 g/mol. The van der Waals surface area contributed by atoms with Crippen molar-refractivity contribution in [2.24, 2.45) is 0 Å². The smallest absolute Gasteiger partial charge is 0.138 e. The van der Waals surface area contributed by atoms with E-state index in [1.807, 2.05) is 0 Å². The zero-order valence-electron chi connectivity index (χ0n) is 8.43. The molecular formula is C12H13BrO. The number of hydrogen-bond acceptors (Lipinski definition) is 1. The van der Waals surface area contributed by atoms with E-state index in [0.29, 0.717) is 18.6 Å². The highest BCUT2D eigenvalue weighted by Crippen LogP contribution is 2.36. The fourth-order valence-electron chi connectivity index (χ4n) is 2.23. The number of benzene rings is 1. The van der Waals surface area contributed by atoms with Gasteiger partial charge in [-0.2, -0.15) is 0 Å². The highest BCUT2D eigenvalue weighted by Gasteiger charge is 2.31. The molecule has 1 nitrogen and oxygen atoms in total. The lowest BCUT2D eigenvalue weighted by Crippen LogP contribution is -2.29. The van der Waals surface area contributed by atoms with Crippen molar-refractivity contribution in [3.63, 3.8) is 0 Å². The van der Waals surface area contributed by atoms with Crippen molar-refractivity contribution < 1.29 is 4.79 Å². The largest absolute Gasteiger partial charge is 0.299 e. The number of carbonyl (C=O) groups excluding carboxylic acids is 1. The predicted molar refractivity (Wildman–Crippen MR) is 60.5 cm³/mol. The summed E-state index contributed by atoms with van der Waals surface area (Å²) in [6, 6.07) is 6.25. The molecule has 0 atom stereocenters. The van der Waals surface area contributed by atoms with Crippen LogP contribution in [0.25, 0.3) is 0 Å². The number of ketones is 1. The Labute approximate surface area is 92.6 Å². The molecule has 0 N–H and O–H groups in total. The van der Waals surface area contributed by atoms with Gasteiger partial charge in [0.1, 0.15) is 5.78 Å². The van der Waals surface area contributed by atoms with Crippen LogP contribution < -0.4 is 0 Å². The molecule has 74 valence electrons. The molecule has 1 aromatic carbocycles. The van der Waals surface area contributed by atoms with Crippen LogP contribution >= 0.6 is 15.9 Å². The van der Waals surface area contributed by atoms with Crippen LogP contribution in [0.2, 0.25) is 0 Å². The van der Waals surface area contributed by atoms with Gasteiger partial charge in [0.05, 0.1) is 0 Å². The van der Waals surface area contributed by atoms with E-state index in [-0.39, 0.29) is 5.41 Å². The van der Waals surface area contributed by atoms with E-state index in [1.165, 1.54) is 11.1 Å². The van der Waals surface area contributed by atoms with Crippen molar-refractivity contribution in [2.45, 2.75) is 32.1 Å². The average molecular weight is 253 g/mol. The highest BCUT2D eigenvalue weighted by atomic mass is 79.9. The van der Waals surface area contributed by atoms with Crippen LogP contribution in [0, 0.1) is 0 Å². The Morgan fingerprint density at radius 2 is 2.07 bits per heavy atom. The number of Topliss-reactive ketones (excluding diaryl/α,β-unsaturated/α-hetero) is 1. The van der Waals surface area contributed by atoms with Gasteiger partial charge in [-0.1, -0.05) is 35.8 Å². The highest BCUT2D eigenvalue weighted by molar-refractivity contribution is 9.10. The van der Waals surface area contributed by atoms with Gasteiger partial charge in [-0.05, 0) is 28.7 Å². The van der Waals surface area contributed by atoms with E-state index < -0.39 is 0 Å². The van der Waals surface area contributed by atoms with Crippen LogP contribution in [0.5, 0.6) is 0 Å². The van der Waals surface area contributed by atoms with Gasteiger partial charge in [0.25, 0.3) is 0 Å². The summed E-state index contributed by atoms with van der Waals surface area (Å²) in [6.07, 6.45) is 1.26. The molecule has 0 heterocycles. The first-order valence-corrected chi connectivity index (χ1v) is 5.59. The Kier molecular flexibility index (Phi) is 2.26. The summed E-state index contributed by atoms with van der Waals surface area (Å²) in [6.45, 7) is 4.27. The second-order valence-electron chi connectivity index (χ2n) is 4.58. The molecule has 0 bridgehead atoms. The second-order valence-corrected chi connectivity index (χ2v) is 5.49. The van der Waals surface area contributed by atoms with Crippen LogP contribution in [-0.4, -0.2) is 5.78 Å². The number of hydrogen-bond donors (Lipinski definition) is 0. The van der Waals surface area contributed by atoms with Crippen molar-refractivity contribution in [3.8, 4) is 0 Å². The lowest BCUT2D eigenvalue weighted by atomic mass is 9.72. The maximum Gasteiger partial charge on any atom is 0.138 e. The third-order valence-electron chi connectivity index (χ3n) is 2.82. The Morgan fingerprint density at radius 1 is 1.36 bits per heavy atom.